The molecule has 2 N–H and O–H groups in total. The third kappa shape index (κ3) is 4.93. The summed E-state index contributed by atoms with van der Waals surface area (Å²) in [6.07, 6.45) is 2.28. The minimum Gasteiger partial charge on any atom is -0.322 e. The largest absolute Gasteiger partial charge is 0.322 e. The number of halogens is 1. The lowest BCUT2D eigenvalue weighted by Crippen LogP contribution is -2.50. The monoisotopic (exact) mass is 427 g/mol. The molecule has 1 unspecified atom stereocenters. The highest BCUT2D eigenvalue weighted by Gasteiger charge is 2.37. The molecule has 154 valence electrons. The van der Waals surface area contributed by atoms with Crippen molar-refractivity contribution in [2.75, 3.05) is 5.32 Å². The highest BCUT2D eigenvalue weighted by atomic mass is 35.5. The molecule has 4 nitrogen and oxygen atoms in total. The molecule has 0 saturated carbocycles. The first-order valence-electron chi connectivity index (χ1n) is 10.0. The number of rotatable bonds is 6. The second-order valence-corrected chi connectivity index (χ2v) is 7.67. The smallest absolute Gasteiger partial charge is 0.320 e. The molecule has 2 amide bonds. The third-order valence-electron chi connectivity index (χ3n) is 5.09. The van der Waals surface area contributed by atoms with Crippen LogP contribution in [0.1, 0.15) is 16.8 Å². The van der Waals surface area contributed by atoms with Crippen molar-refractivity contribution >= 4 is 23.3 Å². The van der Waals surface area contributed by atoms with Crippen molar-refractivity contribution in [3.63, 3.8) is 0 Å². The van der Waals surface area contributed by atoms with Crippen LogP contribution in [-0.4, -0.2) is 11.0 Å². The highest BCUT2D eigenvalue weighted by molar-refractivity contribution is 6.30. The molecule has 4 aromatic rings. The summed E-state index contributed by atoms with van der Waals surface area (Å²) in [6, 6.07) is 32.5. The van der Waals surface area contributed by atoms with Crippen LogP contribution in [0.2, 0.25) is 5.02 Å². The van der Waals surface area contributed by atoms with E-state index in [0.29, 0.717) is 17.1 Å². The molecule has 1 atom stereocenters. The van der Waals surface area contributed by atoms with E-state index in [9.17, 15) is 4.79 Å². The Kier molecular flexibility index (Phi) is 6.29. The molecule has 0 radical (unpaired) electrons. The topological polar surface area (TPSA) is 54.0 Å². The standard InChI is InChI=1S/C26H22ClN3O/c27-22-14-9-15-23(18-22)29-25(31)30-26(21-12-5-2-6-13-21,24-16-7-8-17-28-24)19-20-10-3-1-4-11-20/h1-18H,19H2,(H2,29,30,31). The van der Waals surface area contributed by atoms with Gasteiger partial charge in [0.1, 0.15) is 5.54 Å². The van der Waals surface area contributed by atoms with Crippen LogP contribution >= 0.6 is 11.6 Å². The van der Waals surface area contributed by atoms with Gasteiger partial charge in [0.15, 0.2) is 0 Å². The van der Waals surface area contributed by atoms with Gasteiger partial charge >= 0.3 is 6.03 Å². The lowest BCUT2D eigenvalue weighted by molar-refractivity contribution is 0.241. The van der Waals surface area contributed by atoms with Gasteiger partial charge in [-0.2, -0.15) is 0 Å². The lowest BCUT2D eigenvalue weighted by atomic mass is 9.80. The van der Waals surface area contributed by atoms with E-state index >= 15 is 0 Å². The lowest BCUT2D eigenvalue weighted by Gasteiger charge is -2.35. The number of hydrogen-bond donors (Lipinski definition) is 2. The van der Waals surface area contributed by atoms with Crippen molar-refractivity contribution in [3.8, 4) is 0 Å². The Morgan fingerprint density at radius 2 is 1.55 bits per heavy atom. The Balaban J connectivity index is 1.77. The summed E-state index contributed by atoms with van der Waals surface area (Å²) >= 11 is 6.08. The molecule has 3 aromatic carbocycles. The van der Waals surface area contributed by atoms with Gasteiger partial charge in [-0.05, 0) is 41.5 Å². The van der Waals surface area contributed by atoms with Crippen LogP contribution in [0.4, 0.5) is 10.5 Å². The van der Waals surface area contributed by atoms with E-state index in [1.54, 1.807) is 30.5 Å². The molecule has 0 saturated heterocycles. The van der Waals surface area contributed by atoms with Gasteiger partial charge in [0.2, 0.25) is 0 Å². The molecular weight excluding hydrogens is 406 g/mol. The Bertz CT molecular complexity index is 1100. The summed E-state index contributed by atoms with van der Waals surface area (Å²) in [5.74, 6) is 0. The van der Waals surface area contributed by atoms with Crippen molar-refractivity contribution in [2.45, 2.75) is 12.0 Å². The van der Waals surface area contributed by atoms with E-state index in [0.717, 1.165) is 16.8 Å². The SMILES string of the molecule is O=C(Nc1cccc(Cl)c1)NC(Cc1ccccc1)(c1ccccc1)c1ccccn1. The zero-order valence-corrected chi connectivity index (χ0v) is 17.6. The predicted octanol–water partition coefficient (Wildman–Crippen LogP) is 6.04. The molecule has 0 bridgehead atoms. The maximum absolute atomic E-state index is 13.2. The summed E-state index contributed by atoms with van der Waals surface area (Å²) in [6.45, 7) is 0. The number of carbonyl (C=O) groups excluding carboxylic acids is 1. The van der Waals surface area contributed by atoms with Gasteiger partial charge in [-0.15, -0.1) is 0 Å². The first kappa shape index (κ1) is 20.6. The van der Waals surface area contributed by atoms with Gasteiger partial charge in [0.05, 0.1) is 5.69 Å². The Morgan fingerprint density at radius 1 is 0.839 bits per heavy atom. The van der Waals surface area contributed by atoms with E-state index in [2.05, 4.69) is 27.8 Å². The van der Waals surface area contributed by atoms with Crippen molar-refractivity contribution in [1.29, 1.82) is 0 Å². The average molecular weight is 428 g/mol. The van der Waals surface area contributed by atoms with Crippen molar-refractivity contribution in [3.05, 3.63) is 131 Å². The number of carbonyl (C=O) groups is 1. The van der Waals surface area contributed by atoms with Crippen LogP contribution in [0.3, 0.4) is 0 Å². The number of hydrogen-bond acceptors (Lipinski definition) is 2. The summed E-state index contributed by atoms with van der Waals surface area (Å²) < 4.78 is 0. The van der Waals surface area contributed by atoms with E-state index in [1.165, 1.54) is 0 Å². The number of nitrogens with zero attached hydrogens (tertiary/aromatic N) is 1. The summed E-state index contributed by atoms with van der Waals surface area (Å²) in [7, 11) is 0. The second kappa shape index (κ2) is 9.45. The molecule has 5 heteroatoms. The maximum atomic E-state index is 13.2. The average Bonchev–Trinajstić information content (AvgIpc) is 2.80. The van der Waals surface area contributed by atoms with Crippen LogP contribution in [0.5, 0.6) is 0 Å². The first-order chi connectivity index (χ1) is 15.2. The predicted molar refractivity (Wildman–Crippen MR) is 125 cm³/mol. The molecule has 0 spiro atoms. The van der Waals surface area contributed by atoms with Gasteiger partial charge < -0.3 is 10.6 Å². The fourth-order valence-corrected chi connectivity index (χ4v) is 3.87. The van der Waals surface area contributed by atoms with Gasteiger partial charge in [0, 0.05) is 23.3 Å². The van der Waals surface area contributed by atoms with Crippen LogP contribution in [0.25, 0.3) is 0 Å². The van der Waals surface area contributed by atoms with Crippen molar-refractivity contribution in [1.82, 2.24) is 10.3 Å². The zero-order chi connectivity index (χ0) is 21.5. The minimum atomic E-state index is -0.869. The fraction of sp³-hybridized carbons (Fsp3) is 0.0769. The number of nitrogens with one attached hydrogen (secondary N) is 2. The summed E-state index contributed by atoms with van der Waals surface area (Å²) in [5.41, 5.74) is 2.53. The Hall–Kier alpha value is -3.63. The van der Waals surface area contributed by atoms with E-state index in [-0.39, 0.29) is 6.03 Å². The van der Waals surface area contributed by atoms with Crippen molar-refractivity contribution in [2.24, 2.45) is 0 Å². The molecule has 0 aliphatic carbocycles. The van der Waals surface area contributed by atoms with E-state index < -0.39 is 5.54 Å². The van der Waals surface area contributed by atoms with Gasteiger partial charge in [-0.1, -0.05) is 84.4 Å². The number of pyridine rings is 1. The van der Waals surface area contributed by atoms with Crippen LogP contribution in [0, 0.1) is 0 Å². The van der Waals surface area contributed by atoms with Crippen LogP contribution < -0.4 is 10.6 Å². The highest BCUT2D eigenvalue weighted by Crippen LogP contribution is 2.32. The molecular formula is C26H22ClN3O. The van der Waals surface area contributed by atoms with Gasteiger partial charge in [-0.3, -0.25) is 4.98 Å². The fourth-order valence-electron chi connectivity index (χ4n) is 3.68. The minimum absolute atomic E-state index is 0.340. The molecule has 0 aliphatic rings. The third-order valence-corrected chi connectivity index (χ3v) is 5.33. The van der Waals surface area contributed by atoms with Crippen LogP contribution in [0.15, 0.2) is 109 Å². The van der Waals surface area contributed by atoms with Gasteiger partial charge in [-0.25, -0.2) is 4.79 Å². The van der Waals surface area contributed by atoms with Gasteiger partial charge in [0.25, 0.3) is 0 Å². The second-order valence-electron chi connectivity index (χ2n) is 7.24. The van der Waals surface area contributed by atoms with E-state index in [1.807, 2.05) is 66.7 Å². The number of aromatic nitrogens is 1. The zero-order valence-electron chi connectivity index (χ0n) is 16.8. The number of amides is 2. The number of anilines is 1. The summed E-state index contributed by atoms with van der Waals surface area (Å²) in [4.78, 5) is 17.8. The Morgan fingerprint density at radius 3 is 2.23 bits per heavy atom. The van der Waals surface area contributed by atoms with Crippen molar-refractivity contribution < 1.29 is 4.79 Å². The normalized spacial score (nSPS) is 12.5. The molecule has 4 rings (SSSR count). The molecule has 0 fully saturated rings. The number of benzene rings is 3. The van der Waals surface area contributed by atoms with Crippen LogP contribution in [-0.2, 0) is 12.0 Å². The first-order valence-corrected chi connectivity index (χ1v) is 10.4. The quantitative estimate of drug-likeness (QED) is 0.394. The van der Waals surface area contributed by atoms with E-state index in [4.69, 9.17) is 11.6 Å². The molecule has 31 heavy (non-hydrogen) atoms. The number of urea groups is 1. The summed E-state index contributed by atoms with van der Waals surface area (Å²) in [5, 5.41) is 6.68. The molecule has 1 aromatic heterocycles. The molecule has 1 heterocycles. The molecule has 0 aliphatic heterocycles. The Labute approximate surface area is 186 Å². The maximum Gasteiger partial charge on any atom is 0.320 e.